The third-order valence-corrected chi connectivity index (χ3v) is 2.07. The Bertz CT molecular complexity index is 292. The fraction of sp³-hybridized carbons (Fsp3) is 0.625. The van der Waals surface area contributed by atoms with E-state index in [1.807, 2.05) is 0 Å². The van der Waals surface area contributed by atoms with E-state index >= 15 is 0 Å². The number of rotatable bonds is 3. The lowest BCUT2D eigenvalue weighted by Crippen LogP contribution is -2.49. The van der Waals surface area contributed by atoms with Crippen LogP contribution in [0.5, 0.6) is 0 Å². The van der Waals surface area contributed by atoms with Gasteiger partial charge >= 0.3 is 0 Å². The molecule has 7 heteroatoms. The van der Waals surface area contributed by atoms with Crippen LogP contribution in [0, 0.1) is 0 Å². The highest BCUT2D eigenvalue weighted by molar-refractivity contribution is 5.99. The quantitative estimate of drug-likeness (QED) is 0.490. The molecule has 4 N–H and O–H groups in total. The van der Waals surface area contributed by atoms with E-state index in [1.54, 1.807) is 0 Å². The first-order chi connectivity index (χ1) is 7.06. The van der Waals surface area contributed by atoms with E-state index in [-0.39, 0.29) is 31.3 Å². The van der Waals surface area contributed by atoms with Gasteiger partial charge in [-0.2, -0.15) is 0 Å². The van der Waals surface area contributed by atoms with Gasteiger partial charge in [0.05, 0.1) is 6.42 Å². The first kappa shape index (κ1) is 11.6. The molecule has 7 nitrogen and oxygen atoms in total. The second kappa shape index (κ2) is 4.85. The van der Waals surface area contributed by atoms with E-state index in [4.69, 9.17) is 5.73 Å². The number of nitrogens with zero attached hydrogens (tertiary/aromatic N) is 1. The highest BCUT2D eigenvalue weighted by Crippen LogP contribution is 2.03. The van der Waals surface area contributed by atoms with Crippen LogP contribution in [-0.4, -0.2) is 41.8 Å². The minimum Gasteiger partial charge on any atom is -0.329 e. The second-order valence-corrected chi connectivity index (χ2v) is 3.25. The standard InChI is InChI=1S/C8H14N4O3/c1-5(13)12(3-2-9)8(15)6-4-7(14)11-10-6/h6,10H,2-4,9H2,1H3,(H,11,14). The Labute approximate surface area is 86.9 Å². The van der Waals surface area contributed by atoms with Gasteiger partial charge in [0.1, 0.15) is 6.04 Å². The SMILES string of the molecule is CC(=O)N(CCN)C(=O)C1CC(=O)NN1. The lowest BCUT2D eigenvalue weighted by molar-refractivity contribution is -0.144. The van der Waals surface area contributed by atoms with Crippen LogP contribution in [0.15, 0.2) is 0 Å². The van der Waals surface area contributed by atoms with Crippen molar-refractivity contribution in [2.45, 2.75) is 19.4 Å². The Morgan fingerprint density at radius 1 is 1.60 bits per heavy atom. The molecule has 0 aliphatic carbocycles. The number of hydrazine groups is 1. The van der Waals surface area contributed by atoms with Crippen LogP contribution in [0.25, 0.3) is 0 Å². The highest BCUT2D eigenvalue weighted by Gasteiger charge is 2.32. The highest BCUT2D eigenvalue weighted by atomic mass is 16.2. The van der Waals surface area contributed by atoms with Crippen molar-refractivity contribution < 1.29 is 14.4 Å². The number of imide groups is 1. The fourth-order valence-corrected chi connectivity index (χ4v) is 1.34. The third kappa shape index (κ3) is 2.74. The van der Waals surface area contributed by atoms with Gasteiger partial charge in [-0.05, 0) is 0 Å². The first-order valence-electron chi connectivity index (χ1n) is 4.62. The van der Waals surface area contributed by atoms with E-state index < -0.39 is 11.9 Å². The number of hydrogen-bond donors (Lipinski definition) is 3. The minimum absolute atomic E-state index is 0.0488. The number of carbonyl (C=O) groups is 3. The van der Waals surface area contributed by atoms with Crippen LogP contribution >= 0.6 is 0 Å². The van der Waals surface area contributed by atoms with Crippen LogP contribution in [0.1, 0.15) is 13.3 Å². The Hall–Kier alpha value is -1.47. The van der Waals surface area contributed by atoms with E-state index in [0.29, 0.717) is 0 Å². The topological polar surface area (TPSA) is 105 Å². The van der Waals surface area contributed by atoms with E-state index in [2.05, 4.69) is 10.9 Å². The molecule has 1 rings (SSSR count). The Morgan fingerprint density at radius 2 is 2.27 bits per heavy atom. The summed E-state index contributed by atoms with van der Waals surface area (Å²) in [5.41, 5.74) is 10.1. The molecule has 1 heterocycles. The van der Waals surface area contributed by atoms with Gasteiger partial charge in [0.2, 0.25) is 17.7 Å². The van der Waals surface area contributed by atoms with E-state index in [0.717, 1.165) is 4.90 Å². The third-order valence-electron chi connectivity index (χ3n) is 2.07. The number of carbonyl (C=O) groups excluding carboxylic acids is 3. The Balaban J connectivity index is 2.63. The molecule has 1 aliphatic rings. The van der Waals surface area contributed by atoms with Gasteiger partial charge in [-0.15, -0.1) is 0 Å². The van der Waals surface area contributed by atoms with Crippen molar-refractivity contribution in [2.75, 3.05) is 13.1 Å². The van der Waals surface area contributed by atoms with Crippen LogP contribution in [-0.2, 0) is 14.4 Å². The molecule has 1 atom stereocenters. The van der Waals surface area contributed by atoms with Crippen molar-refractivity contribution in [3.63, 3.8) is 0 Å². The van der Waals surface area contributed by atoms with Crippen LogP contribution < -0.4 is 16.6 Å². The zero-order valence-electron chi connectivity index (χ0n) is 8.45. The summed E-state index contributed by atoms with van der Waals surface area (Å²) in [6, 6.07) is -0.673. The van der Waals surface area contributed by atoms with Gasteiger partial charge < -0.3 is 5.73 Å². The predicted molar refractivity (Wildman–Crippen MR) is 51.1 cm³/mol. The molecule has 0 bridgehead atoms. The molecule has 0 aromatic rings. The molecule has 0 spiro atoms. The maximum Gasteiger partial charge on any atom is 0.248 e. The van der Waals surface area contributed by atoms with E-state index in [1.165, 1.54) is 6.92 Å². The van der Waals surface area contributed by atoms with Crippen LogP contribution in [0.4, 0.5) is 0 Å². The van der Waals surface area contributed by atoms with Gasteiger partial charge in [0, 0.05) is 20.0 Å². The maximum absolute atomic E-state index is 11.7. The van der Waals surface area contributed by atoms with Gasteiger partial charge in [-0.25, -0.2) is 5.43 Å². The zero-order chi connectivity index (χ0) is 11.4. The minimum atomic E-state index is -0.673. The summed E-state index contributed by atoms with van der Waals surface area (Å²) >= 11 is 0. The number of hydrogen-bond acceptors (Lipinski definition) is 5. The summed E-state index contributed by atoms with van der Waals surface area (Å²) < 4.78 is 0. The second-order valence-electron chi connectivity index (χ2n) is 3.25. The average Bonchev–Trinajstić information content (AvgIpc) is 2.59. The molecule has 1 unspecified atom stereocenters. The van der Waals surface area contributed by atoms with Crippen molar-refractivity contribution in [3.8, 4) is 0 Å². The molecule has 0 radical (unpaired) electrons. The lowest BCUT2D eigenvalue weighted by atomic mass is 10.2. The van der Waals surface area contributed by atoms with Crippen molar-refractivity contribution in [3.05, 3.63) is 0 Å². The summed E-state index contributed by atoms with van der Waals surface area (Å²) in [5.74, 6) is -1.05. The molecule has 84 valence electrons. The molecule has 0 aromatic heterocycles. The maximum atomic E-state index is 11.7. The first-order valence-corrected chi connectivity index (χ1v) is 4.62. The van der Waals surface area contributed by atoms with Crippen molar-refractivity contribution in [1.82, 2.24) is 15.8 Å². The molecule has 0 saturated carbocycles. The normalized spacial score (nSPS) is 19.9. The predicted octanol–water partition coefficient (Wildman–Crippen LogP) is -2.29. The summed E-state index contributed by atoms with van der Waals surface area (Å²) in [4.78, 5) is 34.7. The molecule has 3 amide bonds. The fourth-order valence-electron chi connectivity index (χ4n) is 1.34. The van der Waals surface area contributed by atoms with Crippen LogP contribution in [0.3, 0.4) is 0 Å². The van der Waals surface area contributed by atoms with Gasteiger partial charge in [0.25, 0.3) is 0 Å². The largest absolute Gasteiger partial charge is 0.329 e. The number of nitrogens with one attached hydrogen (secondary N) is 2. The number of amides is 3. The Kier molecular flexibility index (Phi) is 3.75. The van der Waals surface area contributed by atoms with Crippen molar-refractivity contribution >= 4 is 17.7 Å². The lowest BCUT2D eigenvalue weighted by Gasteiger charge is -2.20. The van der Waals surface area contributed by atoms with Gasteiger partial charge in [-0.3, -0.25) is 24.7 Å². The van der Waals surface area contributed by atoms with E-state index in [9.17, 15) is 14.4 Å². The molecular formula is C8H14N4O3. The Morgan fingerprint density at radius 3 is 2.67 bits per heavy atom. The summed E-state index contributed by atoms with van der Waals surface area (Å²) in [6.07, 6.45) is 0.0488. The van der Waals surface area contributed by atoms with Gasteiger partial charge in [0.15, 0.2) is 0 Å². The van der Waals surface area contributed by atoms with Crippen LogP contribution in [0.2, 0.25) is 0 Å². The van der Waals surface area contributed by atoms with Crippen molar-refractivity contribution in [1.29, 1.82) is 0 Å². The number of nitrogens with two attached hydrogens (primary N) is 1. The monoisotopic (exact) mass is 214 g/mol. The molecule has 0 aromatic carbocycles. The molecule has 1 aliphatic heterocycles. The molecule has 1 fully saturated rings. The smallest absolute Gasteiger partial charge is 0.248 e. The van der Waals surface area contributed by atoms with Gasteiger partial charge in [-0.1, -0.05) is 0 Å². The average molecular weight is 214 g/mol. The molecule has 1 saturated heterocycles. The molecule has 15 heavy (non-hydrogen) atoms. The summed E-state index contributed by atoms with van der Waals surface area (Å²) in [6.45, 7) is 1.66. The summed E-state index contributed by atoms with van der Waals surface area (Å²) in [7, 11) is 0. The summed E-state index contributed by atoms with van der Waals surface area (Å²) in [5, 5.41) is 0. The zero-order valence-corrected chi connectivity index (χ0v) is 8.45. The molecular weight excluding hydrogens is 200 g/mol. The van der Waals surface area contributed by atoms with Crippen molar-refractivity contribution in [2.24, 2.45) is 5.73 Å².